The molecular formula is C28H31FN4O2. The van der Waals surface area contributed by atoms with Crippen molar-refractivity contribution in [2.75, 3.05) is 31.9 Å². The average Bonchev–Trinajstić information content (AvgIpc) is 3.57. The smallest absolute Gasteiger partial charge is 0.254 e. The predicted molar refractivity (Wildman–Crippen MR) is 135 cm³/mol. The summed E-state index contributed by atoms with van der Waals surface area (Å²) in [6.07, 6.45) is 6.34. The first-order valence-electron chi connectivity index (χ1n) is 12.3. The lowest BCUT2D eigenvalue weighted by Gasteiger charge is -2.28. The van der Waals surface area contributed by atoms with Crippen LogP contribution >= 0.6 is 0 Å². The number of amides is 1. The molecule has 5 rings (SSSR count). The normalized spacial score (nSPS) is 18.2. The van der Waals surface area contributed by atoms with Gasteiger partial charge in [-0.3, -0.25) is 4.79 Å². The van der Waals surface area contributed by atoms with Crippen LogP contribution in [0, 0.1) is 5.82 Å². The van der Waals surface area contributed by atoms with Crippen LogP contribution in [0.5, 0.6) is 5.75 Å². The summed E-state index contributed by atoms with van der Waals surface area (Å²) >= 11 is 0. The maximum Gasteiger partial charge on any atom is 0.254 e. The number of aromatic nitrogens is 1. The Morgan fingerprint density at radius 3 is 2.57 bits per heavy atom. The number of pyridine rings is 1. The number of nitrogens with two attached hydrogens (primary N) is 1. The van der Waals surface area contributed by atoms with Crippen molar-refractivity contribution in [2.45, 2.75) is 38.3 Å². The highest BCUT2D eigenvalue weighted by atomic mass is 19.1. The van der Waals surface area contributed by atoms with Crippen molar-refractivity contribution in [3.8, 4) is 16.9 Å². The zero-order valence-electron chi connectivity index (χ0n) is 19.8. The van der Waals surface area contributed by atoms with Crippen molar-refractivity contribution in [1.29, 1.82) is 0 Å². The summed E-state index contributed by atoms with van der Waals surface area (Å²) in [5.41, 5.74) is 8.85. The molecule has 7 heteroatoms. The minimum Gasteiger partial charge on any atom is -0.485 e. The topological polar surface area (TPSA) is 71.7 Å². The number of likely N-dealkylation sites (tertiary alicyclic amines) is 2. The Morgan fingerprint density at radius 1 is 1.03 bits per heavy atom. The van der Waals surface area contributed by atoms with Crippen molar-refractivity contribution < 1.29 is 13.9 Å². The quantitative estimate of drug-likeness (QED) is 0.535. The molecule has 0 spiro atoms. The van der Waals surface area contributed by atoms with E-state index in [1.807, 2.05) is 29.2 Å². The van der Waals surface area contributed by atoms with Crippen LogP contribution in [0.3, 0.4) is 0 Å². The van der Waals surface area contributed by atoms with E-state index in [1.165, 1.54) is 18.9 Å². The van der Waals surface area contributed by atoms with E-state index in [-0.39, 0.29) is 24.1 Å². The van der Waals surface area contributed by atoms with Crippen LogP contribution in [0.1, 0.15) is 41.6 Å². The molecule has 2 aromatic carbocycles. The van der Waals surface area contributed by atoms with Gasteiger partial charge in [0, 0.05) is 42.0 Å². The van der Waals surface area contributed by atoms with Gasteiger partial charge in [-0.1, -0.05) is 30.3 Å². The average molecular weight is 475 g/mol. The number of halogens is 1. The summed E-state index contributed by atoms with van der Waals surface area (Å²) in [6.45, 7) is 4.16. The third-order valence-electron chi connectivity index (χ3n) is 6.99. The highest BCUT2D eigenvalue weighted by Crippen LogP contribution is 2.29. The van der Waals surface area contributed by atoms with Crippen molar-refractivity contribution in [1.82, 2.24) is 14.8 Å². The first kappa shape index (κ1) is 23.3. The molecule has 2 aliphatic heterocycles. The Bertz CT molecular complexity index is 1180. The number of anilines is 1. The van der Waals surface area contributed by atoms with Crippen LogP contribution in [-0.4, -0.2) is 52.9 Å². The van der Waals surface area contributed by atoms with Gasteiger partial charge >= 0.3 is 0 Å². The van der Waals surface area contributed by atoms with Crippen LogP contribution in [0.4, 0.5) is 10.2 Å². The number of nitrogens with zero attached hydrogens (tertiary/aromatic N) is 3. The fourth-order valence-electron chi connectivity index (χ4n) is 5.03. The molecule has 1 amide bonds. The summed E-state index contributed by atoms with van der Waals surface area (Å²) in [5, 5.41) is 0. The summed E-state index contributed by atoms with van der Waals surface area (Å²) < 4.78 is 19.7. The molecule has 2 fully saturated rings. The molecule has 1 atom stereocenters. The third-order valence-corrected chi connectivity index (χ3v) is 6.99. The molecule has 2 aliphatic rings. The number of hydrogen-bond acceptors (Lipinski definition) is 5. The Hall–Kier alpha value is -3.45. The summed E-state index contributed by atoms with van der Waals surface area (Å²) in [5.74, 6) is 0.418. The van der Waals surface area contributed by atoms with E-state index in [0.717, 1.165) is 50.1 Å². The molecular weight excluding hydrogens is 443 g/mol. The maximum absolute atomic E-state index is 13.9. The largest absolute Gasteiger partial charge is 0.485 e. The highest BCUT2D eigenvalue weighted by molar-refractivity contribution is 5.95. The van der Waals surface area contributed by atoms with Crippen LogP contribution in [0.15, 0.2) is 60.8 Å². The number of rotatable bonds is 7. The van der Waals surface area contributed by atoms with Crippen LogP contribution in [-0.2, 0) is 6.61 Å². The SMILES string of the molecule is Nc1ncc(-c2ccc(C(=O)N3CCC[C@@H]3CN3CCCC3)cc2)cc1OCc1ccccc1F. The molecule has 2 N–H and O–H groups in total. The van der Waals surface area contributed by atoms with Crippen molar-refractivity contribution in [3.05, 3.63) is 77.7 Å². The lowest BCUT2D eigenvalue weighted by atomic mass is 10.0. The summed E-state index contributed by atoms with van der Waals surface area (Å²) in [7, 11) is 0. The van der Waals surface area contributed by atoms with E-state index < -0.39 is 0 Å². The maximum atomic E-state index is 13.9. The molecule has 6 nitrogen and oxygen atoms in total. The molecule has 0 bridgehead atoms. The Kier molecular flexibility index (Phi) is 6.95. The first-order chi connectivity index (χ1) is 17.1. The molecule has 2 saturated heterocycles. The molecule has 0 aliphatic carbocycles. The molecule has 0 unspecified atom stereocenters. The van der Waals surface area contributed by atoms with Crippen LogP contribution in [0.25, 0.3) is 11.1 Å². The van der Waals surface area contributed by atoms with E-state index in [2.05, 4.69) is 9.88 Å². The molecule has 3 aromatic rings. The zero-order chi connectivity index (χ0) is 24.2. The fraction of sp³-hybridized carbons (Fsp3) is 0.357. The summed E-state index contributed by atoms with van der Waals surface area (Å²) in [4.78, 5) is 22.0. The second kappa shape index (κ2) is 10.4. The highest BCUT2D eigenvalue weighted by Gasteiger charge is 2.31. The number of ether oxygens (including phenoxy) is 1. The van der Waals surface area contributed by atoms with Crippen LogP contribution < -0.4 is 10.5 Å². The van der Waals surface area contributed by atoms with Gasteiger partial charge in [-0.2, -0.15) is 0 Å². The predicted octanol–water partition coefficient (Wildman–Crippen LogP) is 4.75. The lowest BCUT2D eigenvalue weighted by Crippen LogP contribution is -2.42. The van der Waals surface area contributed by atoms with E-state index in [1.54, 1.807) is 30.5 Å². The van der Waals surface area contributed by atoms with Gasteiger partial charge < -0.3 is 20.3 Å². The van der Waals surface area contributed by atoms with Gasteiger partial charge in [0.15, 0.2) is 11.6 Å². The molecule has 0 saturated carbocycles. The zero-order valence-corrected chi connectivity index (χ0v) is 19.8. The molecule has 1 aromatic heterocycles. The van der Waals surface area contributed by atoms with E-state index >= 15 is 0 Å². The Balaban J connectivity index is 1.27. The van der Waals surface area contributed by atoms with Gasteiger partial charge in [0.1, 0.15) is 12.4 Å². The van der Waals surface area contributed by atoms with Gasteiger partial charge in [0.05, 0.1) is 0 Å². The Morgan fingerprint density at radius 2 is 1.80 bits per heavy atom. The van der Waals surface area contributed by atoms with Crippen molar-refractivity contribution in [2.24, 2.45) is 0 Å². The number of nitrogen functional groups attached to an aromatic ring is 1. The minimum atomic E-state index is -0.323. The van der Waals surface area contributed by atoms with E-state index in [4.69, 9.17) is 10.5 Å². The second-order valence-corrected chi connectivity index (χ2v) is 9.37. The lowest BCUT2D eigenvalue weighted by molar-refractivity contribution is 0.0709. The molecule has 0 radical (unpaired) electrons. The van der Waals surface area contributed by atoms with Crippen molar-refractivity contribution in [3.63, 3.8) is 0 Å². The number of carbonyl (C=O) groups is 1. The summed E-state index contributed by atoms with van der Waals surface area (Å²) in [6, 6.07) is 16.2. The molecule has 3 heterocycles. The second-order valence-electron chi connectivity index (χ2n) is 9.37. The van der Waals surface area contributed by atoms with Crippen LogP contribution in [0.2, 0.25) is 0 Å². The van der Waals surface area contributed by atoms with E-state index in [0.29, 0.717) is 22.9 Å². The fourth-order valence-corrected chi connectivity index (χ4v) is 5.03. The van der Waals surface area contributed by atoms with Gasteiger partial charge in [-0.15, -0.1) is 0 Å². The molecule has 35 heavy (non-hydrogen) atoms. The molecule has 182 valence electrons. The third kappa shape index (κ3) is 5.30. The van der Waals surface area contributed by atoms with Gasteiger partial charge in [0.2, 0.25) is 0 Å². The van der Waals surface area contributed by atoms with Crippen molar-refractivity contribution >= 4 is 11.7 Å². The monoisotopic (exact) mass is 474 g/mol. The van der Waals surface area contributed by atoms with Gasteiger partial charge in [-0.05, 0) is 68.6 Å². The van der Waals surface area contributed by atoms with Gasteiger partial charge in [0.25, 0.3) is 5.91 Å². The number of benzene rings is 2. The Labute approximate surface area is 205 Å². The van der Waals surface area contributed by atoms with Gasteiger partial charge in [-0.25, -0.2) is 9.37 Å². The van der Waals surface area contributed by atoms with E-state index in [9.17, 15) is 9.18 Å². The number of hydrogen-bond donors (Lipinski definition) is 1. The standard InChI is InChI=1S/C28H31FN4O2/c29-25-8-2-1-6-22(25)19-35-26-16-23(17-31-27(26)30)20-9-11-21(12-10-20)28(34)33-15-5-7-24(33)18-32-13-3-4-14-32/h1-2,6,8-12,16-17,24H,3-5,7,13-15,18-19H2,(H2,30,31)/t24-/m1/s1. The minimum absolute atomic E-state index is 0.0594. The first-order valence-corrected chi connectivity index (χ1v) is 12.3. The number of carbonyl (C=O) groups excluding carboxylic acids is 1.